The van der Waals surface area contributed by atoms with E-state index >= 15 is 0 Å². The van der Waals surface area contributed by atoms with Crippen molar-refractivity contribution < 1.29 is 9.18 Å². The van der Waals surface area contributed by atoms with Gasteiger partial charge in [-0.15, -0.1) is 0 Å². The van der Waals surface area contributed by atoms with Gasteiger partial charge in [-0.3, -0.25) is 4.79 Å². The van der Waals surface area contributed by atoms with Crippen molar-refractivity contribution in [1.82, 2.24) is 0 Å². The number of carbonyl (C=O) groups is 1. The van der Waals surface area contributed by atoms with E-state index < -0.39 is 6.04 Å². The minimum Gasteiger partial charge on any atom is -0.324 e. The summed E-state index contributed by atoms with van der Waals surface area (Å²) in [5.41, 5.74) is 6.34. The van der Waals surface area contributed by atoms with Crippen molar-refractivity contribution in [3.63, 3.8) is 0 Å². The van der Waals surface area contributed by atoms with Crippen LogP contribution in [0.15, 0.2) is 24.3 Å². The summed E-state index contributed by atoms with van der Waals surface area (Å²) in [6.45, 7) is 1.47. The monoisotopic (exact) mass is 181 g/mol. The van der Waals surface area contributed by atoms with Crippen LogP contribution in [0.1, 0.15) is 24.9 Å². The van der Waals surface area contributed by atoms with Gasteiger partial charge in [-0.1, -0.05) is 12.1 Å². The Bertz CT molecular complexity index is 312. The van der Waals surface area contributed by atoms with Gasteiger partial charge in [0.2, 0.25) is 0 Å². The third-order valence-electron chi connectivity index (χ3n) is 1.78. The van der Waals surface area contributed by atoms with Crippen molar-refractivity contribution in [2.45, 2.75) is 19.4 Å². The highest BCUT2D eigenvalue weighted by molar-refractivity contribution is 5.76. The number of carbonyl (C=O) groups excluding carboxylic acids is 1. The first kappa shape index (κ1) is 9.86. The number of hydrogen-bond acceptors (Lipinski definition) is 2. The molecule has 0 aliphatic heterocycles. The zero-order chi connectivity index (χ0) is 9.84. The lowest BCUT2D eigenvalue weighted by atomic mass is 10.0. The maximum atomic E-state index is 12.7. The highest BCUT2D eigenvalue weighted by Gasteiger charge is 2.08. The van der Waals surface area contributed by atoms with Crippen molar-refractivity contribution in [2.24, 2.45) is 5.73 Å². The van der Waals surface area contributed by atoms with Crippen molar-refractivity contribution in [3.05, 3.63) is 35.6 Å². The van der Waals surface area contributed by atoms with Crippen LogP contribution in [-0.4, -0.2) is 5.78 Å². The largest absolute Gasteiger partial charge is 0.324 e. The second kappa shape index (κ2) is 4.14. The number of halogens is 1. The molecule has 1 aromatic rings. The number of nitrogens with two attached hydrogens (primary N) is 1. The van der Waals surface area contributed by atoms with Crippen LogP contribution in [0.3, 0.4) is 0 Å². The lowest BCUT2D eigenvalue weighted by Crippen LogP contribution is -2.13. The molecule has 0 aliphatic rings. The van der Waals surface area contributed by atoms with Crippen LogP contribution in [0.2, 0.25) is 0 Å². The van der Waals surface area contributed by atoms with Crippen molar-refractivity contribution in [2.75, 3.05) is 0 Å². The molecule has 0 aromatic heterocycles. The molecule has 13 heavy (non-hydrogen) atoms. The van der Waals surface area contributed by atoms with E-state index in [0.29, 0.717) is 5.56 Å². The number of Topliss-reactive ketones (excluding diaryl/α,β-unsaturated/α-hetero) is 1. The van der Waals surface area contributed by atoms with Crippen LogP contribution >= 0.6 is 0 Å². The molecule has 0 saturated heterocycles. The van der Waals surface area contributed by atoms with Gasteiger partial charge in [-0.05, 0) is 24.6 Å². The number of rotatable bonds is 3. The Kier molecular flexibility index (Phi) is 3.14. The Labute approximate surface area is 76.6 Å². The van der Waals surface area contributed by atoms with E-state index in [9.17, 15) is 9.18 Å². The molecule has 1 rings (SSSR count). The van der Waals surface area contributed by atoms with E-state index in [1.165, 1.54) is 19.1 Å². The first-order valence-electron chi connectivity index (χ1n) is 4.10. The lowest BCUT2D eigenvalue weighted by molar-refractivity contribution is -0.117. The fraction of sp³-hybridized carbons (Fsp3) is 0.300. The third kappa shape index (κ3) is 2.95. The van der Waals surface area contributed by atoms with Gasteiger partial charge in [0.1, 0.15) is 11.6 Å². The van der Waals surface area contributed by atoms with Crippen molar-refractivity contribution in [1.29, 1.82) is 0 Å². The maximum absolute atomic E-state index is 12.7. The standard InChI is InChI=1S/C10H12FNO/c1-7(13)5-10(12)8-3-2-4-9(11)6-8/h2-4,6,10H,5,12H2,1H3. The van der Waals surface area contributed by atoms with Gasteiger partial charge in [0.05, 0.1) is 0 Å². The van der Waals surface area contributed by atoms with Crippen molar-refractivity contribution in [3.8, 4) is 0 Å². The molecule has 1 unspecified atom stereocenters. The Balaban J connectivity index is 2.76. The van der Waals surface area contributed by atoms with E-state index in [1.807, 2.05) is 0 Å². The molecule has 2 N–H and O–H groups in total. The molecular formula is C10H12FNO. The maximum Gasteiger partial charge on any atom is 0.131 e. The molecule has 0 heterocycles. The van der Waals surface area contributed by atoms with Crippen LogP contribution in [0.4, 0.5) is 4.39 Å². The molecule has 0 spiro atoms. The zero-order valence-corrected chi connectivity index (χ0v) is 7.46. The lowest BCUT2D eigenvalue weighted by Gasteiger charge is -2.09. The number of benzene rings is 1. The molecule has 0 amide bonds. The first-order chi connectivity index (χ1) is 6.09. The summed E-state index contributed by atoms with van der Waals surface area (Å²) in [6.07, 6.45) is 0.253. The van der Waals surface area contributed by atoms with Gasteiger partial charge in [-0.2, -0.15) is 0 Å². The minimum atomic E-state index is -0.395. The Morgan fingerprint density at radius 1 is 1.62 bits per heavy atom. The van der Waals surface area contributed by atoms with Gasteiger partial charge in [0.15, 0.2) is 0 Å². The van der Waals surface area contributed by atoms with Crippen LogP contribution in [0.5, 0.6) is 0 Å². The highest BCUT2D eigenvalue weighted by Crippen LogP contribution is 2.14. The van der Waals surface area contributed by atoms with Gasteiger partial charge >= 0.3 is 0 Å². The van der Waals surface area contributed by atoms with E-state index in [4.69, 9.17) is 5.73 Å². The Morgan fingerprint density at radius 2 is 2.31 bits per heavy atom. The van der Waals surface area contributed by atoms with E-state index in [1.54, 1.807) is 12.1 Å². The number of hydrogen-bond donors (Lipinski definition) is 1. The molecule has 0 fully saturated rings. The van der Waals surface area contributed by atoms with Crippen LogP contribution in [-0.2, 0) is 4.79 Å². The molecule has 0 bridgehead atoms. The van der Waals surface area contributed by atoms with E-state index in [2.05, 4.69) is 0 Å². The second-order valence-electron chi connectivity index (χ2n) is 3.07. The van der Waals surface area contributed by atoms with Crippen LogP contribution in [0, 0.1) is 5.82 Å². The normalized spacial score (nSPS) is 12.5. The van der Waals surface area contributed by atoms with Crippen LogP contribution in [0.25, 0.3) is 0 Å². The van der Waals surface area contributed by atoms with Gasteiger partial charge in [0, 0.05) is 12.5 Å². The van der Waals surface area contributed by atoms with Gasteiger partial charge in [-0.25, -0.2) is 4.39 Å². The molecule has 70 valence electrons. The average Bonchev–Trinajstić information content (AvgIpc) is 2.03. The molecule has 0 saturated carbocycles. The quantitative estimate of drug-likeness (QED) is 0.772. The summed E-state index contributed by atoms with van der Waals surface area (Å²) in [6, 6.07) is 5.62. The molecule has 1 aromatic carbocycles. The molecule has 0 radical (unpaired) electrons. The Morgan fingerprint density at radius 3 is 2.85 bits per heavy atom. The third-order valence-corrected chi connectivity index (χ3v) is 1.78. The molecule has 0 aliphatic carbocycles. The molecule has 2 nitrogen and oxygen atoms in total. The predicted molar refractivity (Wildman–Crippen MR) is 48.6 cm³/mol. The molecule has 1 atom stereocenters. The van der Waals surface area contributed by atoms with Crippen molar-refractivity contribution >= 4 is 5.78 Å². The summed E-state index contributed by atoms with van der Waals surface area (Å²) in [7, 11) is 0. The molecular weight excluding hydrogens is 169 g/mol. The fourth-order valence-corrected chi connectivity index (χ4v) is 1.16. The fourth-order valence-electron chi connectivity index (χ4n) is 1.16. The smallest absolute Gasteiger partial charge is 0.131 e. The minimum absolute atomic E-state index is 0.0109. The first-order valence-corrected chi connectivity index (χ1v) is 4.10. The summed E-state index contributed by atoms with van der Waals surface area (Å²) >= 11 is 0. The highest BCUT2D eigenvalue weighted by atomic mass is 19.1. The summed E-state index contributed by atoms with van der Waals surface area (Å²) in [5, 5.41) is 0. The number of ketones is 1. The average molecular weight is 181 g/mol. The van der Waals surface area contributed by atoms with Gasteiger partial charge in [0.25, 0.3) is 0 Å². The summed E-state index contributed by atoms with van der Waals surface area (Å²) < 4.78 is 12.7. The van der Waals surface area contributed by atoms with Gasteiger partial charge < -0.3 is 5.73 Å². The van der Waals surface area contributed by atoms with E-state index in [-0.39, 0.29) is 18.0 Å². The topological polar surface area (TPSA) is 43.1 Å². The Hall–Kier alpha value is -1.22. The van der Waals surface area contributed by atoms with E-state index in [0.717, 1.165) is 0 Å². The predicted octanol–water partition coefficient (Wildman–Crippen LogP) is 1.80. The SMILES string of the molecule is CC(=O)CC(N)c1cccc(F)c1. The molecule has 3 heteroatoms. The van der Waals surface area contributed by atoms with Crippen LogP contribution < -0.4 is 5.73 Å². The summed E-state index contributed by atoms with van der Waals surface area (Å²) in [5.74, 6) is -0.312. The zero-order valence-electron chi connectivity index (χ0n) is 7.46. The second-order valence-corrected chi connectivity index (χ2v) is 3.07. The summed E-state index contributed by atoms with van der Waals surface area (Å²) in [4.78, 5) is 10.7.